The molecule has 36 heavy (non-hydrogen) atoms. The number of rotatable bonds is 10. The quantitative estimate of drug-likeness (QED) is 0.324. The summed E-state index contributed by atoms with van der Waals surface area (Å²) >= 11 is 1.69. The molecule has 0 saturated heterocycles. The van der Waals surface area contributed by atoms with Gasteiger partial charge in [0.15, 0.2) is 0 Å². The Labute approximate surface area is 220 Å². The highest BCUT2D eigenvalue weighted by atomic mass is 32.1. The highest BCUT2D eigenvalue weighted by molar-refractivity contribution is 7.14. The Morgan fingerprint density at radius 1 is 1.03 bits per heavy atom. The molecule has 2 saturated carbocycles. The van der Waals surface area contributed by atoms with E-state index < -0.39 is 0 Å². The number of aromatic nitrogens is 2. The molecule has 2 aliphatic rings. The molecule has 0 radical (unpaired) electrons. The lowest BCUT2D eigenvalue weighted by atomic mass is 9.76. The molecule has 2 fully saturated rings. The van der Waals surface area contributed by atoms with Crippen LogP contribution >= 0.6 is 11.3 Å². The van der Waals surface area contributed by atoms with Crippen molar-refractivity contribution in [3.05, 3.63) is 29.3 Å². The number of carbonyl (C=O) groups excluding carboxylic acids is 1. The number of methoxy groups -OCH3 is 2. The van der Waals surface area contributed by atoms with E-state index in [-0.39, 0.29) is 17.5 Å². The van der Waals surface area contributed by atoms with E-state index in [0.29, 0.717) is 11.8 Å². The number of ether oxygens (including phenoxy) is 2. The molecule has 6 nitrogen and oxygen atoms in total. The lowest BCUT2D eigenvalue weighted by Gasteiger charge is -2.40. The Hall–Kier alpha value is -1.99. The summed E-state index contributed by atoms with van der Waals surface area (Å²) in [6.07, 6.45) is 11.4. The monoisotopic (exact) mass is 513 g/mol. The second-order valence-corrected chi connectivity index (χ2v) is 11.8. The lowest BCUT2D eigenvalue weighted by molar-refractivity contribution is -0.146. The lowest BCUT2D eigenvalue weighted by Crippen LogP contribution is -2.41. The van der Waals surface area contributed by atoms with Crippen molar-refractivity contribution < 1.29 is 14.3 Å². The summed E-state index contributed by atoms with van der Waals surface area (Å²) in [4.78, 5) is 14.3. The van der Waals surface area contributed by atoms with Gasteiger partial charge in [0.1, 0.15) is 10.0 Å². The molecule has 0 amide bonds. The summed E-state index contributed by atoms with van der Waals surface area (Å²) in [6.45, 7) is 6.51. The molecule has 198 valence electrons. The number of nitrogens with zero attached hydrogens (tertiary/aromatic N) is 3. The fraction of sp³-hybridized carbons (Fsp3) is 0.690. The van der Waals surface area contributed by atoms with E-state index in [2.05, 4.69) is 53.2 Å². The van der Waals surface area contributed by atoms with E-state index in [0.717, 1.165) is 60.8 Å². The maximum atomic E-state index is 11.8. The molecule has 0 N–H and O–H groups in total. The van der Waals surface area contributed by atoms with Gasteiger partial charge in [0.2, 0.25) is 0 Å². The number of anilines is 1. The molecule has 2 aliphatic carbocycles. The predicted molar refractivity (Wildman–Crippen MR) is 147 cm³/mol. The highest BCUT2D eigenvalue weighted by Crippen LogP contribution is 2.40. The molecule has 2 aromatic rings. The zero-order valence-corrected chi connectivity index (χ0v) is 23.3. The summed E-state index contributed by atoms with van der Waals surface area (Å²) in [5, 5.41) is 11.1. The van der Waals surface area contributed by atoms with Crippen molar-refractivity contribution in [2.24, 2.45) is 11.8 Å². The van der Waals surface area contributed by atoms with Crippen LogP contribution < -0.4 is 4.90 Å². The molecule has 1 unspecified atom stereocenters. The normalized spacial score (nSPS) is 22.7. The molecular formula is C29H43N3O3S. The van der Waals surface area contributed by atoms with Crippen LogP contribution in [0.2, 0.25) is 0 Å². The Morgan fingerprint density at radius 2 is 1.72 bits per heavy atom. The van der Waals surface area contributed by atoms with Gasteiger partial charge >= 0.3 is 5.97 Å². The molecule has 1 heterocycles. The van der Waals surface area contributed by atoms with Crippen LogP contribution in [0.25, 0.3) is 10.6 Å². The van der Waals surface area contributed by atoms with Crippen molar-refractivity contribution in [2.45, 2.75) is 89.6 Å². The van der Waals surface area contributed by atoms with Gasteiger partial charge < -0.3 is 14.4 Å². The van der Waals surface area contributed by atoms with E-state index in [1.165, 1.54) is 44.9 Å². The van der Waals surface area contributed by atoms with Gasteiger partial charge in [-0.3, -0.25) is 4.79 Å². The van der Waals surface area contributed by atoms with Crippen LogP contribution in [0.15, 0.2) is 24.3 Å². The molecule has 1 aromatic carbocycles. The van der Waals surface area contributed by atoms with Crippen LogP contribution in [0.5, 0.6) is 0 Å². The third-order valence-electron chi connectivity index (χ3n) is 8.73. The van der Waals surface area contributed by atoms with E-state index in [4.69, 9.17) is 9.47 Å². The second-order valence-electron chi connectivity index (χ2n) is 10.7. The fourth-order valence-corrected chi connectivity index (χ4v) is 7.10. The number of hydrogen-bond donors (Lipinski definition) is 0. The first-order valence-electron chi connectivity index (χ1n) is 13.8. The van der Waals surface area contributed by atoms with Crippen molar-refractivity contribution in [2.75, 3.05) is 32.2 Å². The number of benzene rings is 1. The van der Waals surface area contributed by atoms with Gasteiger partial charge in [-0.1, -0.05) is 30.6 Å². The zero-order valence-electron chi connectivity index (χ0n) is 22.5. The molecule has 1 atom stereocenters. The maximum Gasteiger partial charge on any atom is 0.308 e. The topological polar surface area (TPSA) is 64.5 Å². The van der Waals surface area contributed by atoms with Gasteiger partial charge in [0.05, 0.1) is 18.6 Å². The molecule has 0 aliphatic heterocycles. The Kier molecular flexibility index (Phi) is 9.40. The van der Waals surface area contributed by atoms with Gasteiger partial charge in [-0.15, -0.1) is 10.2 Å². The van der Waals surface area contributed by atoms with Crippen LogP contribution in [-0.2, 0) is 14.3 Å². The number of carbonyl (C=O) groups is 1. The largest absolute Gasteiger partial charge is 0.469 e. The summed E-state index contributed by atoms with van der Waals surface area (Å²) in [5.41, 5.74) is 2.31. The van der Waals surface area contributed by atoms with E-state index in [1.807, 2.05) is 7.11 Å². The molecule has 4 rings (SSSR count). The zero-order chi connectivity index (χ0) is 25.5. The van der Waals surface area contributed by atoms with Crippen LogP contribution in [0.4, 0.5) is 5.69 Å². The van der Waals surface area contributed by atoms with Gasteiger partial charge in [-0.25, -0.2) is 0 Å². The highest BCUT2D eigenvalue weighted by Gasteiger charge is 2.35. The van der Waals surface area contributed by atoms with Crippen molar-refractivity contribution >= 4 is 23.0 Å². The minimum Gasteiger partial charge on any atom is -0.469 e. The maximum absolute atomic E-state index is 11.8. The third kappa shape index (κ3) is 6.28. The summed E-state index contributed by atoms with van der Waals surface area (Å²) in [7, 11) is 3.37. The van der Waals surface area contributed by atoms with Crippen LogP contribution in [0.1, 0.15) is 89.0 Å². The summed E-state index contributed by atoms with van der Waals surface area (Å²) in [6, 6.07) is 8.78. The fourth-order valence-electron chi connectivity index (χ4n) is 6.09. The Bertz CT molecular complexity index is 964. The molecule has 0 bridgehead atoms. The Balaban J connectivity index is 1.35. The average molecular weight is 514 g/mol. The summed E-state index contributed by atoms with van der Waals surface area (Å²) in [5.74, 6) is 1.02. The Morgan fingerprint density at radius 3 is 2.33 bits per heavy atom. The second kappa shape index (κ2) is 12.5. The van der Waals surface area contributed by atoms with Crippen molar-refractivity contribution in [1.82, 2.24) is 10.2 Å². The van der Waals surface area contributed by atoms with E-state index >= 15 is 0 Å². The standard InChI is InChI=1S/C29H43N3O3S/c1-5-32(20-19-29(2,35-4)24-9-7-6-8-10-24)25-17-15-22(16-18-25)27-31-30-26(36-27)21-11-13-23(14-12-21)28(33)34-3/h15-18,21,23-24H,5-14,19-20H2,1-4H3/t21-,23-,29?. The molecule has 0 spiro atoms. The van der Waals surface area contributed by atoms with Crippen molar-refractivity contribution in [3.8, 4) is 10.6 Å². The van der Waals surface area contributed by atoms with Gasteiger partial charge in [0, 0.05) is 37.4 Å². The summed E-state index contributed by atoms with van der Waals surface area (Å²) < 4.78 is 11.0. The minimum absolute atomic E-state index is 0.0390. The van der Waals surface area contributed by atoms with Crippen LogP contribution in [0.3, 0.4) is 0 Å². The minimum atomic E-state index is -0.0755. The first-order chi connectivity index (χ1) is 17.5. The van der Waals surface area contributed by atoms with Gasteiger partial charge in [0.25, 0.3) is 0 Å². The van der Waals surface area contributed by atoms with Gasteiger partial charge in [-0.05, 0) is 89.0 Å². The SMILES string of the molecule is CCN(CCC(C)(OC)C1CCCCC1)c1ccc(-c2nnc([C@H]3CC[C@H](C(=O)OC)CC3)s2)cc1. The molecule has 1 aromatic heterocycles. The van der Waals surface area contributed by atoms with Crippen LogP contribution in [0, 0.1) is 11.8 Å². The van der Waals surface area contributed by atoms with Crippen LogP contribution in [-0.4, -0.2) is 49.1 Å². The van der Waals surface area contributed by atoms with Crippen molar-refractivity contribution in [3.63, 3.8) is 0 Å². The van der Waals surface area contributed by atoms with Crippen molar-refractivity contribution in [1.29, 1.82) is 0 Å². The van der Waals surface area contributed by atoms with E-state index in [9.17, 15) is 4.79 Å². The average Bonchev–Trinajstić information content (AvgIpc) is 3.44. The third-order valence-corrected chi connectivity index (χ3v) is 9.86. The number of hydrogen-bond acceptors (Lipinski definition) is 7. The number of esters is 1. The smallest absolute Gasteiger partial charge is 0.308 e. The molecule has 7 heteroatoms. The first-order valence-corrected chi connectivity index (χ1v) is 14.6. The predicted octanol–water partition coefficient (Wildman–Crippen LogP) is 6.85. The van der Waals surface area contributed by atoms with Gasteiger partial charge in [-0.2, -0.15) is 0 Å². The first kappa shape index (κ1) is 27.1. The van der Waals surface area contributed by atoms with E-state index in [1.54, 1.807) is 11.3 Å². The molecular weight excluding hydrogens is 470 g/mol.